The second kappa shape index (κ2) is 12.2. The summed E-state index contributed by atoms with van der Waals surface area (Å²) in [5.41, 5.74) is 14.5. The van der Waals surface area contributed by atoms with Crippen LogP contribution >= 0.6 is 0 Å². The molecule has 276 valence electrons. The summed E-state index contributed by atoms with van der Waals surface area (Å²) >= 11 is 0. The Hall–Kier alpha value is -6.58. The zero-order valence-electron chi connectivity index (χ0n) is 32.8. The first-order chi connectivity index (χ1) is 27.8. The molecule has 4 atom stereocenters. The lowest BCUT2D eigenvalue weighted by atomic mass is 9.50. The van der Waals surface area contributed by atoms with Crippen LogP contribution in [0.2, 0.25) is 0 Å². The Morgan fingerprint density at radius 3 is 1.82 bits per heavy atom. The molecule has 2 heterocycles. The van der Waals surface area contributed by atoms with Crippen molar-refractivity contribution >= 4 is 28.4 Å². The number of fused-ring (bicyclic) bond motifs is 2. The van der Waals surface area contributed by atoms with Crippen molar-refractivity contribution in [2.75, 3.05) is 9.80 Å². The van der Waals surface area contributed by atoms with E-state index in [-0.39, 0.29) is 11.3 Å². The van der Waals surface area contributed by atoms with Crippen molar-refractivity contribution in [3.8, 4) is 28.0 Å². The number of para-hydroxylation sites is 1. The van der Waals surface area contributed by atoms with Gasteiger partial charge in [0.2, 0.25) is 0 Å². The first-order valence-electron chi connectivity index (χ1n) is 20.2. The molecule has 0 bridgehead atoms. The Kier molecular flexibility index (Phi) is 7.22. The second-order valence-electron chi connectivity index (χ2n) is 16.6. The number of anilines is 5. The van der Waals surface area contributed by atoms with Gasteiger partial charge in [-0.05, 0) is 109 Å². The molecular weight excluding hydrogens is 693 g/mol. The van der Waals surface area contributed by atoms with E-state index in [1.54, 1.807) is 0 Å². The Labute approximate surface area is 335 Å². The number of allylic oxidation sites excluding steroid dienone is 8. The van der Waals surface area contributed by atoms with Crippen LogP contribution in [0.5, 0.6) is 5.75 Å². The number of hydrogen-bond donors (Lipinski definition) is 0. The van der Waals surface area contributed by atoms with Gasteiger partial charge in [-0.25, -0.2) is 0 Å². The molecule has 57 heavy (non-hydrogen) atoms. The third-order valence-corrected chi connectivity index (χ3v) is 13.3. The first-order valence-corrected chi connectivity index (χ1v) is 20.2. The van der Waals surface area contributed by atoms with Crippen LogP contribution in [0, 0.1) is 11.3 Å². The van der Waals surface area contributed by atoms with Gasteiger partial charge in [0, 0.05) is 33.6 Å². The van der Waals surface area contributed by atoms with Gasteiger partial charge in [-0.15, -0.1) is 0 Å². The molecule has 3 nitrogen and oxygen atoms in total. The van der Waals surface area contributed by atoms with E-state index in [1.807, 2.05) is 0 Å². The standard InChI is InChI=1S/C54H44N2O/c1-36-33-35-53(3)50-47(36)52(2)34-15-14-22-44(52)51-54(50,4)48-46(57-51)32-31-45(49(48)56(53)43-29-25-40(26-30-43)38-18-10-6-11-19-38)55(41-20-12-7-13-21-41)42-27-23-39(24-28-42)37-16-8-5-9-17-37/h5-36H,1-4H3. The molecule has 0 fully saturated rings. The maximum Gasteiger partial charge on any atom is 0.133 e. The van der Waals surface area contributed by atoms with Gasteiger partial charge >= 0.3 is 0 Å². The average molecular weight is 737 g/mol. The lowest BCUT2D eigenvalue weighted by molar-refractivity contribution is 0.330. The molecule has 6 aromatic rings. The van der Waals surface area contributed by atoms with Crippen LogP contribution in [-0.2, 0) is 5.41 Å². The topological polar surface area (TPSA) is 15.7 Å². The van der Waals surface area contributed by atoms with Crippen molar-refractivity contribution in [2.45, 2.75) is 38.6 Å². The van der Waals surface area contributed by atoms with E-state index in [9.17, 15) is 0 Å². The van der Waals surface area contributed by atoms with Crippen molar-refractivity contribution in [1.82, 2.24) is 0 Å². The summed E-state index contributed by atoms with van der Waals surface area (Å²) < 4.78 is 7.25. The van der Waals surface area contributed by atoms with E-state index in [1.165, 1.54) is 44.5 Å². The molecule has 11 rings (SSSR count). The predicted octanol–water partition coefficient (Wildman–Crippen LogP) is 14.0. The van der Waals surface area contributed by atoms with Crippen molar-refractivity contribution in [3.05, 3.63) is 216 Å². The molecule has 4 unspecified atom stereocenters. The molecule has 0 spiro atoms. The maximum absolute atomic E-state index is 7.25. The van der Waals surface area contributed by atoms with Crippen LogP contribution in [0.15, 0.2) is 211 Å². The molecule has 0 N–H and O–H groups in total. The molecule has 0 saturated heterocycles. The largest absolute Gasteiger partial charge is 0.460 e. The Morgan fingerprint density at radius 2 is 1.18 bits per heavy atom. The minimum absolute atomic E-state index is 0.252. The SMILES string of the molecule is CC1C=CC2(C)C3=C1C1(C)C=CC=CC1=C1Oc4ccc(N(c5ccccc5)c5ccc(-c6ccccc6)cc5)c(c4C13C)N2c1ccc(-c2ccccc2)cc1. The van der Waals surface area contributed by atoms with Gasteiger partial charge in [0.25, 0.3) is 0 Å². The van der Waals surface area contributed by atoms with Crippen molar-refractivity contribution in [1.29, 1.82) is 0 Å². The van der Waals surface area contributed by atoms with Crippen molar-refractivity contribution in [2.24, 2.45) is 11.3 Å². The van der Waals surface area contributed by atoms with Crippen LogP contribution in [0.1, 0.15) is 33.3 Å². The number of nitrogens with zero attached hydrogens (tertiary/aromatic N) is 2. The van der Waals surface area contributed by atoms with E-state index in [4.69, 9.17) is 4.74 Å². The van der Waals surface area contributed by atoms with E-state index in [2.05, 4.69) is 226 Å². The van der Waals surface area contributed by atoms with Crippen molar-refractivity contribution < 1.29 is 4.74 Å². The summed E-state index contributed by atoms with van der Waals surface area (Å²) in [5, 5.41) is 0. The van der Waals surface area contributed by atoms with Gasteiger partial charge in [0.1, 0.15) is 11.5 Å². The third-order valence-electron chi connectivity index (χ3n) is 13.3. The Morgan fingerprint density at radius 1 is 0.596 bits per heavy atom. The highest BCUT2D eigenvalue weighted by Crippen LogP contribution is 2.71. The predicted molar refractivity (Wildman–Crippen MR) is 236 cm³/mol. The Bertz CT molecular complexity index is 2740. The van der Waals surface area contributed by atoms with Crippen LogP contribution in [0.3, 0.4) is 0 Å². The van der Waals surface area contributed by atoms with Gasteiger partial charge in [-0.1, -0.05) is 147 Å². The summed E-state index contributed by atoms with van der Waals surface area (Å²) in [6.07, 6.45) is 14.0. The number of ether oxygens (including phenoxy) is 1. The van der Waals surface area contributed by atoms with Crippen molar-refractivity contribution in [3.63, 3.8) is 0 Å². The minimum Gasteiger partial charge on any atom is -0.460 e. The van der Waals surface area contributed by atoms with Gasteiger partial charge in [0.05, 0.1) is 22.3 Å². The number of hydrogen-bond acceptors (Lipinski definition) is 3. The highest BCUT2D eigenvalue weighted by molar-refractivity contribution is 5.97. The summed E-state index contributed by atoms with van der Waals surface area (Å²) in [6, 6.07) is 54.8. The highest BCUT2D eigenvalue weighted by atomic mass is 16.5. The third kappa shape index (κ3) is 4.66. The van der Waals surface area contributed by atoms with Crippen LogP contribution in [-0.4, -0.2) is 5.54 Å². The molecule has 3 aliphatic carbocycles. The zero-order chi connectivity index (χ0) is 38.5. The molecule has 2 aliphatic heterocycles. The molecule has 5 aliphatic rings. The smallest absolute Gasteiger partial charge is 0.133 e. The van der Waals surface area contributed by atoms with Gasteiger partial charge in [-0.2, -0.15) is 0 Å². The Balaban J connectivity index is 1.21. The van der Waals surface area contributed by atoms with Gasteiger partial charge in [-0.3, -0.25) is 0 Å². The molecular formula is C54H44N2O. The maximum atomic E-state index is 7.25. The van der Waals surface area contributed by atoms with Gasteiger partial charge in [0.15, 0.2) is 0 Å². The van der Waals surface area contributed by atoms with Crippen LogP contribution < -0.4 is 14.5 Å². The fourth-order valence-corrected chi connectivity index (χ4v) is 10.8. The van der Waals surface area contributed by atoms with E-state index < -0.39 is 11.0 Å². The van der Waals surface area contributed by atoms with Gasteiger partial charge < -0.3 is 14.5 Å². The summed E-state index contributed by atoms with van der Waals surface area (Å²) in [6.45, 7) is 9.65. The summed E-state index contributed by atoms with van der Waals surface area (Å²) in [5.74, 6) is 2.24. The normalized spacial score (nSPS) is 24.6. The molecule has 0 aromatic heterocycles. The molecule has 3 heteroatoms. The van der Waals surface area contributed by atoms with E-state index in [0.29, 0.717) is 0 Å². The van der Waals surface area contributed by atoms with E-state index >= 15 is 0 Å². The van der Waals surface area contributed by atoms with Crippen LogP contribution in [0.25, 0.3) is 22.3 Å². The summed E-state index contributed by atoms with van der Waals surface area (Å²) in [7, 11) is 0. The fraction of sp³-hybridized carbons (Fsp3) is 0.148. The minimum atomic E-state index is -0.521. The number of rotatable bonds is 6. The van der Waals surface area contributed by atoms with Crippen LogP contribution in [0.4, 0.5) is 28.4 Å². The lowest BCUT2D eigenvalue weighted by Gasteiger charge is -2.59. The highest BCUT2D eigenvalue weighted by Gasteiger charge is 2.65. The second-order valence-corrected chi connectivity index (χ2v) is 16.6. The number of benzene rings is 6. The monoisotopic (exact) mass is 736 g/mol. The zero-order valence-corrected chi connectivity index (χ0v) is 32.8. The lowest BCUT2D eigenvalue weighted by Crippen LogP contribution is -2.58. The molecule has 0 amide bonds. The fourth-order valence-electron chi connectivity index (χ4n) is 10.8. The average Bonchev–Trinajstić information content (AvgIpc) is 3.57. The molecule has 6 aromatic carbocycles. The summed E-state index contributed by atoms with van der Waals surface area (Å²) in [4.78, 5) is 5.07. The molecule has 0 radical (unpaired) electrons. The molecule has 0 saturated carbocycles. The van der Waals surface area contributed by atoms with E-state index in [0.717, 1.165) is 39.9 Å². The quantitative estimate of drug-likeness (QED) is 0.158. The first kappa shape index (κ1) is 33.7.